The fourth-order valence-electron chi connectivity index (χ4n) is 5.32. The number of para-hydroxylation sites is 3. The molecule has 31 heavy (non-hydrogen) atoms. The van der Waals surface area contributed by atoms with E-state index >= 15 is 0 Å². The monoisotopic (exact) mass is 396 g/mol. The van der Waals surface area contributed by atoms with Gasteiger partial charge >= 0.3 is 0 Å². The van der Waals surface area contributed by atoms with Gasteiger partial charge in [0.15, 0.2) is 0 Å². The highest BCUT2D eigenvalue weighted by molar-refractivity contribution is 6.16. The van der Waals surface area contributed by atoms with E-state index in [1.165, 1.54) is 55.7 Å². The molecule has 7 rings (SSSR count). The second-order valence-corrected chi connectivity index (χ2v) is 8.25. The van der Waals surface area contributed by atoms with Crippen LogP contribution in [0.1, 0.15) is 11.7 Å². The molecule has 0 bridgehead atoms. The van der Waals surface area contributed by atoms with Crippen molar-refractivity contribution in [2.24, 2.45) is 0 Å². The molecule has 1 unspecified atom stereocenters. The lowest BCUT2D eigenvalue weighted by Crippen LogP contribution is -2.23. The molecule has 1 atom stereocenters. The van der Waals surface area contributed by atoms with Gasteiger partial charge in [0.05, 0.1) is 11.4 Å². The molecule has 0 saturated heterocycles. The highest BCUT2D eigenvalue weighted by atomic mass is 15.3. The third-order valence-corrected chi connectivity index (χ3v) is 6.62. The van der Waals surface area contributed by atoms with E-state index in [0.717, 1.165) is 0 Å². The van der Waals surface area contributed by atoms with Gasteiger partial charge in [-0.2, -0.15) is 0 Å². The van der Waals surface area contributed by atoms with Gasteiger partial charge in [0.2, 0.25) is 0 Å². The maximum atomic E-state index is 3.80. The second kappa shape index (κ2) is 6.23. The first-order valence-electron chi connectivity index (χ1n) is 10.8. The lowest BCUT2D eigenvalue weighted by Gasteiger charge is -2.28. The molecular weight excluding hydrogens is 376 g/mol. The molecule has 0 amide bonds. The van der Waals surface area contributed by atoms with Gasteiger partial charge in [0.25, 0.3) is 0 Å². The quantitative estimate of drug-likeness (QED) is 0.322. The minimum Gasteiger partial charge on any atom is -0.359 e. The third kappa shape index (κ3) is 2.27. The minimum atomic E-state index is 0.0350. The van der Waals surface area contributed by atoms with Crippen LogP contribution in [-0.2, 0) is 0 Å². The van der Waals surface area contributed by atoms with Gasteiger partial charge in [-0.1, -0.05) is 84.9 Å². The van der Waals surface area contributed by atoms with Crippen molar-refractivity contribution in [2.45, 2.75) is 6.17 Å². The summed E-state index contributed by atoms with van der Waals surface area (Å²) in [4.78, 5) is 2.42. The zero-order valence-corrected chi connectivity index (χ0v) is 16.9. The van der Waals surface area contributed by atoms with E-state index in [1.54, 1.807) is 0 Å². The molecule has 1 heterocycles. The Labute approximate surface area is 181 Å². The summed E-state index contributed by atoms with van der Waals surface area (Å²) in [5.74, 6) is 0. The Balaban J connectivity index is 1.48. The van der Waals surface area contributed by atoms with E-state index in [-0.39, 0.29) is 6.17 Å². The zero-order chi connectivity index (χ0) is 20.4. The first-order chi connectivity index (χ1) is 15.4. The van der Waals surface area contributed by atoms with Crippen LogP contribution in [0.2, 0.25) is 0 Å². The summed E-state index contributed by atoms with van der Waals surface area (Å²) in [6.45, 7) is 0. The number of anilines is 3. The number of benzene rings is 5. The van der Waals surface area contributed by atoms with Gasteiger partial charge in [-0.15, -0.1) is 0 Å². The number of rotatable bonds is 2. The molecule has 1 aliphatic heterocycles. The minimum absolute atomic E-state index is 0.0350. The van der Waals surface area contributed by atoms with Crippen LogP contribution in [0.4, 0.5) is 17.1 Å². The van der Waals surface area contributed by atoms with Crippen LogP contribution in [0, 0.1) is 0 Å². The van der Waals surface area contributed by atoms with Crippen molar-refractivity contribution in [1.29, 1.82) is 0 Å². The predicted octanol–water partition coefficient (Wildman–Crippen LogP) is 7.75. The lowest BCUT2D eigenvalue weighted by atomic mass is 9.96. The van der Waals surface area contributed by atoms with Crippen LogP contribution in [0.15, 0.2) is 109 Å². The highest BCUT2D eigenvalue weighted by Gasteiger charge is 2.33. The molecule has 5 aromatic rings. The fourth-order valence-corrected chi connectivity index (χ4v) is 5.32. The van der Waals surface area contributed by atoms with Crippen LogP contribution >= 0.6 is 0 Å². The van der Waals surface area contributed by atoms with Crippen molar-refractivity contribution in [2.75, 3.05) is 10.2 Å². The van der Waals surface area contributed by atoms with Crippen molar-refractivity contribution in [3.63, 3.8) is 0 Å². The van der Waals surface area contributed by atoms with Crippen LogP contribution in [-0.4, -0.2) is 0 Å². The van der Waals surface area contributed by atoms with Crippen LogP contribution in [0.25, 0.3) is 33.0 Å². The maximum absolute atomic E-state index is 3.80. The smallest absolute Gasteiger partial charge is 0.131 e. The second-order valence-electron chi connectivity index (χ2n) is 8.25. The van der Waals surface area contributed by atoms with Crippen LogP contribution < -0.4 is 10.2 Å². The molecule has 146 valence electrons. The first-order valence-corrected chi connectivity index (χ1v) is 10.8. The number of nitrogens with one attached hydrogen (secondary N) is 1. The molecule has 0 aromatic heterocycles. The Hall–Kier alpha value is -4.04. The van der Waals surface area contributed by atoms with Gasteiger partial charge < -0.3 is 10.2 Å². The third-order valence-electron chi connectivity index (χ3n) is 6.62. The van der Waals surface area contributed by atoms with E-state index in [2.05, 4.69) is 119 Å². The van der Waals surface area contributed by atoms with E-state index in [4.69, 9.17) is 0 Å². The Bertz CT molecular complexity index is 1440. The Kier molecular flexibility index (Phi) is 3.36. The maximum Gasteiger partial charge on any atom is 0.131 e. The van der Waals surface area contributed by atoms with Crippen LogP contribution in [0.5, 0.6) is 0 Å². The summed E-state index contributed by atoms with van der Waals surface area (Å²) < 4.78 is 0. The van der Waals surface area contributed by atoms with Crippen molar-refractivity contribution in [3.8, 4) is 22.3 Å². The summed E-state index contributed by atoms with van der Waals surface area (Å²) >= 11 is 0. The Morgan fingerprint density at radius 3 is 2.06 bits per heavy atom. The molecule has 0 fully saturated rings. The van der Waals surface area contributed by atoms with Gasteiger partial charge in [0.1, 0.15) is 6.17 Å². The molecule has 2 aliphatic rings. The molecule has 0 radical (unpaired) electrons. The van der Waals surface area contributed by atoms with Crippen molar-refractivity contribution >= 4 is 27.8 Å². The summed E-state index contributed by atoms with van der Waals surface area (Å²) in [5.41, 5.74) is 10.2. The highest BCUT2D eigenvalue weighted by Crippen LogP contribution is 2.51. The van der Waals surface area contributed by atoms with Crippen molar-refractivity contribution in [3.05, 3.63) is 115 Å². The zero-order valence-electron chi connectivity index (χ0n) is 16.9. The first kappa shape index (κ1) is 16.7. The van der Waals surface area contributed by atoms with Crippen LogP contribution in [0.3, 0.4) is 0 Å². The number of nitrogens with zero attached hydrogens (tertiary/aromatic N) is 1. The Morgan fingerprint density at radius 2 is 1.23 bits per heavy atom. The van der Waals surface area contributed by atoms with Gasteiger partial charge in [-0.3, -0.25) is 0 Å². The SMILES string of the molecule is c1ccc(N2c3ccccc3NC2c2ccc3c4c(cccc24)-c2ccccc2-3)cc1. The van der Waals surface area contributed by atoms with E-state index < -0.39 is 0 Å². The molecular formula is C29H20N2. The standard InChI is InChI=1S/C29H20N2/c1-2-9-19(10-3-1)31-27-16-7-6-15-26(27)30-29(31)25-18-17-24-21-12-5-4-11-20(21)22-13-8-14-23(25)28(22)24/h1-18,29-30H. The largest absolute Gasteiger partial charge is 0.359 e. The molecule has 2 heteroatoms. The van der Waals surface area contributed by atoms with Gasteiger partial charge in [-0.25, -0.2) is 0 Å². The summed E-state index contributed by atoms with van der Waals surface area (Å²) in [6, 6.07) is 39.3. The van der Waals surface area contributed by atoms with E-state index in [1.807, 2.05) is 0 Å². The fraction of sp³-hybridized carbons (Fsp3) is 0.0345. The number of hydrogen-bond acceptors (Lipinski definition) is 2. The summed E-state index contributed by atoms with van der Waals surface area (Å²) in [6.07, 6.45) is 0.0350. The summed E-state index contributed by atoms with van der Waals surface area (Å²) in [5, 5.41) is 6.48. The predicted molar refractivity (Wildman–Crippen MR) is 130 cm³/mol. The molecule has 2 nitrogen and oxygen atoms in total. The van der Waals surface area contributed by atoms with Gasteiger partial charge in [-0.05, 0) is 57.3 Å². The normalized spacial score (nSPS) is 15.6. The molecule has 1 aliphatic carbocycles. The number of hydrogen-bond donors (Lipinski definition) is 1. The molecule has 1 N–H and O–H groups in total. The Morgan fingerprint density at radius 1 is 0.548 bits per heavy atom. The average molecular weight is 396 g/mol. The average Bonchev–Trinajstić information content (AvgIpc) is 3.38. The van der Waals surface area contributed by atoms with E-state index in [0.29, 0.717) is 0 Å². The summed E-state index contributed by atoms with van der Waals surface area (Å²) in [7, 11) is 0. The van der Waals surface area contributed by atoms with E-state index in [9.17, 15) is 0 Å². The number of fused-ring (bicyclic) bond motifs is 4. The lowest BCUT2D eigenvalue weighted by molar-refractivity contribution is 0.836. The molecule has 0 spiro atoms. The van der Waals surface area contributed by atoms with Gasteiger partial charge in [0, 0.05) is 11.3 Å². The molecule has 5 aromatic carbocycles. The van der Waals surface area contributed by atoms with Crippen molar-refractivity contribution in [1.82, 2.24) is 0 Å². The van der Waals surface area contributed by atoms with Crippen molar-refractivity contribution < 1.29 is 0 Å². The molecule has 0 saturated carbocycles. The topological polar surface area (TPSA) is 15.3 Å².